The number of benzene rings is 8. The molecule has 10 aromatic rings. The Kier molecular flexibility index (Phi) is 5.37. The predicted molar refractivity (Wildman–Crippen MR) is 218 cm³/mol. The van der Waals surface area contributed by atoms with Crippen molar-refractivity contribution in [3.05, 3.63) is 170 Å². The number of thiophene rings is 1. The van der Waals surface area contributed by atoms with Crippen LogP contribution < -0.4 is 4.90 Å². The predicted octanol–water partition coefficient (Wildman–Crippen LogP) is 13.0. The molecule has 242 valence electrons. The van der Waals surface area contributed by atoms with Gasteiger partial charge in [0.05, 0.1) is 23.9 Å². The van der Waals surface area contributed by atoms with Gasteiger partial charge in [-0.25, -0.2) is 15.0 Å². The molecule has 0 spiro atoms. The topological polar surface area (TPSA) is 41.9 Å². The Morgan fingerprint density at radius 1 is 0.442 bits per heavy atom. The molecule has 0 aliphatic carbocycles. The van der Waals surface area contributed by atoms with Crippen LogP contribution in [0, 0.1) is 0 Å². The highest BCUT2D eigenvalue weighted by molar-refractivity contribution is 7.25. The van der Waals surface area contributed by atoms with Crippen LogP contribution in [0.3, 0.4) is 0 Å². The molecule has 0 amide bonds. The lowest BCUT2D eigenvalue weighted by atomic mass is 9.89. The summed E-state index contributed by atoms with van der Waals surface area (Å²) in [5.74, 6) is 0.631. The SMILES string of the molecule is [2H]c1c([2H])c([2H])c(-c2nc(-c3ccc4c(c3)sc3ccccc34)nc(-c3ccccc3N3c4cc5ccccc5cc4-c4cccc5cccc3c45)n2)c([2H])c1[2H]. The maximum atomic E-state index is 8.90. The van der Waals surface area contributed by atoms with Crippen molar-refractivity contribution in [2.75, 3.05) is 4.90 Å². The Balaban J connectivity index is 1.19. The minimum Gasteiger partial charge on any atom is -0.308 e. The average Bonchev–Trinajstić information content (AvgIpc) is 3.63. The van der Waals surface area contributed by atoms with E-state index in [1.54, 1.807) is 11.3 Å². The third-order valence-electron chi connectivity index (χ3n) is 9.90. The smallest absolute Gasteiger partial charge is 0.166 e. The molecule has 0 fully saturated rings. The number of para-hydroxylation sites is 1. The van der Waals surface area contributed by atoms with Crippen LogP contribution >= 0.6 is 11.3 Å². The first kappa shape index (κ1) is 24.5. The van der Waals surface area contributed by atoms with Crippen molar-refractivity contribution >= 4 is 70.1 Å². The Bertz CT molecular complexity index is 3310. The number of hydrogen-bond acceptors (Lipinski definition) is 5. The van der Waals surface area contributed by atoms with Gasteiger partial charge in [0.1, 0.15) is 0 Å². The number of aromatic nitrogens is 3. The van der Waals surface area contributed by atoms with Crippen molar-refractivity contribution in [1.29, 1.82) is 0 Å². The second-order valence-corrected chi connectivity index (χ2v) is 13.9. The number of fused-ring (bicyclic) bond motifs is 6. The molecule has 0 bridgehead atoms. The Morgan fingerprint density at radius 2 is 1.10 bits per heavy atom. The third kappa shape index (κ3) is 4.50. The van der Waals surface area contributed by atoms with Crippen LogP contribution in [0.15, 0.2) is 170 Å². The van der Waals surface area contributed by atoms with E-state index in [1.807, 2.05) is 42.5 Å². The summed E-state index contributed by atoms with van der Waals surface area (Å²) in [6.45, 7) is 0. The fourth-order valence-corrected chi connectivity index (χ4v) is 8.72. The van der Waals surface area contributed by atoms with Crippen LogP contribution in [0.25, 0.3) is 87.0 Å². The number of anilines is 3. The van der Waals surface area contributed by atoms with Gasteiger partial charge < -0.3 is 4.90 Å². The molecule has 0 unspecified atom stereocenters. The van der Waals surface area contributed by atoms with E-state index in [2.05, 4.69) is 102 Å². The van der Waals surface area contributed by atoms with E-state index in [-0.39, 0.29) is 23.5 Å². The van der Waals surface area contributed by atoms with Crippen LogP contribution in [0.2, 0.25) is 0 Å². The molecule has 3 heterocycles. The van der Waals surface area contributed by atoms with Gasteiger partial charge in [0.2, 0.25) is 0 Å². The minimum absolute atomic E-state index is 0.00396. The summed E-state index contributed by atoms with van der Waals surface area (Å²) < 4.78 is 45.3. The van der Waals surface area contributed by atoms with E-state index in [0.717, 1.165) is 65.4 Å². The second kappa shape index (κ2) is 11.4. The third-order valence-corrected chi connectivity index (χ3v) is 11.0. The van der Waals surface area contributed by atoms with Gasteiger partial charge in [-0.3, -0.25) is 0 Å². The lowest BCUT2D eigenvalue weighted by Crippen LogP contribution is -2.16. The van der Waals surface area contributed by atoms with E-state index < -0.39 is 18.1 Å². The zero-order chi connectivity index (χ0) is 38.5. The van der Waals surface area contributed by atoms with Crippen molar-refractivity contribution in [3.8, 4) is 45.3 Å². The van der Waals surface area contributed by atoms with Gasteiger partial charge in [-0.2, -0.15) is 0 Å². The molecule has 4 nitrogen and oxygen atoms in total. The van der Waals surface area contributed by atoms with Crippen molar-refractivity contribution in [2.45, 2.75) is 0 Å². The minimum atomic E-state index is -0.477. The van der Waals surface area contributed by atoms with Crippen molar-refractivity contribution in [3.63, 3.8) is 0 Å². The summed E-state index contributed by atoms with van der Waals surface area (Å²) in [5, 5.41) is 6.78. The molecular weight excluding hydrogens is 653 g/mol. The van der Waals surface area contributed by atoms with Crippen LogP contribution in [0.1, 0.15) is 6.85 Å². The van der Waals surface area contributed by atoms with E-state index in [1.165, 1.54) is 10.1 Å². The van der Waals surface area contributed by atoms with Gasteiger partial charge in [0, 0.05) is 47.8 Å². The van der Waals surface area contributed by atoms with Crippen LogP contribution in [-0.4, -0.2) is 15.0 Å². The van der Waals surface area contributed by atoms with Gasteiger partial charge in [-0.1, -0.05) is 127 Å². The first-order valence-electron chi connectivity index (χ1n) is 19.5. The highest BCUT2D eigenvalue weighted by Gasteiger charge is 2.29. The average molecular weight is 686 g/mol. The fraction of sp³-hybridized carbons (Fsp3) is 0. The molecule has 0 saturated carbocycles. The fourth-order valence-electron chi connectivity index (χ4n) is 7.57. The summed E-state index contributed by atoms with van der Waals surface area (Å²) in [6, 6.07) is 45.8. The normalized spacial score (nSPS) is 13.5. The summed E-state index contributed by atoms with van der Waals surface area (Å²) in [6.07, 6.45) is 0. The van der Waals surface area contributed by atoms with E-state index in [4.69, 9.17) is 21.8 Å². The lowest BCUT2D eigenvalue weighted by molar-refractivity contribution is 1.07. The maximum absolute atomic E-state index is 8.90. The monoisotopic (exact) mass is 685 g/mol. The molecule has 5 heteroatoms. The molecule has 0 saturated heterocycles. The summed E-state index contributed by atoms with van der Waals surface area (Å²) in [5.41, 5.74) is 6.41. The molecule has 8 aromatic carbocycles. The largest absolute Gasteiger partial charge is 0.308 e. The van der Waals surface area contributed by atoms with Crippen molar-refractivity contribution < 1.29 is 6.85 Å². The highest BCUT2D eigenvalue weighted by Crippen LogP contribution is 2.53. The Morgan fingerprint density at radius 3 is 1.98 bits per heavy atom. The van der Waals surface area contributed by atoms with Gasteiger partial charge >= 0.3 is 0 Å². The molecular formula is C47H28N4S. The Labute approximate surface area is 311 Å². The van der Waals surface area contributed by atoms with Crippen LogP contribution in [0.4, 0.5) is 17.1 Å². The standard InChI is InChI=1S/C47H28N4S/c1-2-12-30(13-3-1)45-48-46(33-24-25-35-34-18-7-9-23-42(34)52-43(35)28-33)50-47(49-45)37-19-6-8-21-39(37)51-40-22-11-17-29-16-10-20-36(44(29)40)38-26-31-14-4-5-15-32(31)27-41(38)51/h1-28H/i1D,2D,3D,12D,13D. The maximum Gasteiger partial charge on any atom is 0.166 e. The molecule has 2 aromatic heterocycles. The molecule has 52 heavy (non-hydrogen) atoms. The summed E-state index contributed by atoms with van der Waals surface area (Å²) >= 11 is 1.68. The molecule has 1 aliphatic heterocycles. The first-order valence-corrected chi connectivity index (χ1v) is 17.9. The molecule has 0 atom stereocenters. The van der Waals surface area contributed by atoms with Crippen molar-refractivity contribution in [2.24, 2.45) is 0 Å². The van der Waals surface area contributed by atoms with E-state index in [0.29, 0.717) is 17.2 Å². The number of hydrogen-bond donors (Lipinski definition) is 0. The number of nitrogens with zero attached hydrogens (tertiary/aromatic N) is 4. The summed E-state index contributed by atoms with van der Waals surface area (Å²) in [4.78, 5) is 17.2. The first-order chi connectivity index (χ1) is 27.8. The molecule has 1 aliphatic rings. The number of rotatable bonds is 4. The lowest BCUT2D eigenvalue weighted by Gasteiger charge is -2.34. The molecule has 0 N–H and O–H groups in total. The van der Waals surface area contributed by atoms with E-state index >= 15 is 0 Å². The highest BCUT2D eigenvalue weighted by atomic mass is 32.1. The summed E-state index contributed by atoms with van der Waals surface area (Å²) in [7, 11) is 0. The zero-order valence-electron chi connectivity index (χ0n) is 32.5. The van der Waals surface area contributed by atoms with E-state index in [9.17, 15) is 0 Å². The van der Waals surface area contributed by atoms with Crippen LogP contribution in [0.5, 0.6) is 0 Å². The molecule has 11 rings (SSSR count). The van der Waals surface area contributed by atoms with Gasteiger partial charge in [-0.05, 0) is 64.2 Å². The second-order valence-electron chi connectivity index (χ2n) is 12.9. The van der Waals surface area contributed by atoms with Crippen molar-refractivity contribution in [1.82, 2.24) is 15.0 Å². The van der Waals surface area contributed by atoms with Gasteiger partial charge in [0.25, 0.3) is 0 Å². The quantitative estimate of drug-likeness (QED) is 0.185. The Hall–Kier alpha value is -6.69. The van der Waals surface area contributed by atoms with Gasteiger partial charge in [-0.15, -0.1) is 11.3 Å². The van der Waals surface area contributed by atoms with Gasteiger partial charge in [0.15, 0.2) is 17.5 Å². The van der Waals surface area contributed by atoms with Crippen LogP contribution in [-0.2, 0) is 0 Å². The zero-order valence-corrected chi connectivity index (χ0v) is 28.3. The molecule has 0 radical (unpaired) electrons.